The van der Waals surface area contributed by atoms with E-state index in [0.717, 1.165) is 15.6 Å². The lowest BCUT2D eigenvalue weighted by molar-refractivity contribution is -0.116. The van der Waals surface area contributed by atoms with Gasteiger partial charge in [-0.25, -0.2) is 9.67 Å². The van der Waals surface area contributed by atoms with Crippen LogP contribution in [0.5, 0.6) is 17.2 Å². The lowest BCUT2D eigenvalue weighted by atomic mass is 10.1. The predicted molar refractivity (Wildman–Crippen MR) is 127 cm³/mol. The van der Waals surface area contributed by atoms with E-state index in [1.165, 1.54) is 49.5 Å². The average Bonchev–Trinajstić information content (AvgIpc) is 3.15. The van der Waals surface area contributed by atoms with Crippen molar-refractivity contribution in [3.63, 3.8) is 0 Å². The second kappa shape index (κ2) is 10.8. The van der Waals surface area contributed by atoms with Crippen LogP contribution in [0.2, 0.25) is 0 Å². The fourth-order valence-corrected chi connectivity index (χ4v) is 4.10. The molecule has 0 fully saturated rings. The molecule has 0 radical (unpaired) electrons. The summed E-state index contributed by atoms with van der Waals surface area (Å²) in [5.74, 6) is 1.16. The fraction of sp³-hybridized carbons (Fsp3) is 0.304. The highest BCUT2D eigenvalue weighted by atomic mass is 32.1. The minimum absolute atomic E-state index is 0.236. The van der Waals surface area contributed by atoms with Crippen molar-refractivity contribution in [3.05, 3.63) is 57.0 Å². The van der Waals surface area contributed by atoms with Gasteiger partial charge in [0.2, 0.25) is 11.7 Å². The van der Waals surface area contributed by atoms with Crippen LogP contribution in [0, 0.1) is 13.8 Å². The van der Waals surface area contributed by atoms with Crippen LogP contribution < -0.4 is 25.1 Å². The molecule has 1 amide bonds. The zero-order valence-corrected chi connectivity index (χ0v) is 20.0. The second-order valence-electron chi connectivity index (χ2n) is 7.01. The van der Waals surface area contributed by atoms with Crippen molar-refractivity contribution in [1.82, 2.24) is 20.1 Å². The van der Waals surface area contributed by atoms with Crippen LogP contribution in [0.15, 0.2) is 35.1 Å². The first-order valence-corrected chi connectivity index (χ1v) is 11.0. The van der Waals surface area contributed by atoms with E-state index in [0.29, 0.717) is 28.5 Å². The van der Waals surface area contributed by atoms with Gasteiger partial charge in [-0.3, -0.25) is 9.59 Å². The van der Waals surface area contributed by atoms with E-state index in [1.54, 1.807) is 24.3 Å². The summed E-state index contributed by atoms with van der Waals surface area (Å²) in [6.45, 7) is 4.33. The molecule has 3 aromatic rings. The van der Waals surface area contributed by atoms with Crippen LogP contribution in [-0.2, 0) is 11.3 Å². The van der Waals surface area contributed by atoms with Crippen molar-refractivity contribution in [3.8, 4) is 27.8 Å². The van der Waals surface area contributed by atoms with Gasteiger partial charge in [-0.05, 0) is 43.7 Å². The molecule has 10 heteroatoms. The van der Waals surface area contributed by atoms with Crippen molar-refractivity contribution in [2.75, 3.05) is 27.9 Å². The van der Waals surface area contributed by atoms with E-state index in [-0.39, 0.29) is 24.6 Å². The highest BCUT2D eigenvalue weighted by Crippen LogP contribution is 2.38. The van der Waals surface area contributed by atoms with Crippen LogP contribution in [0.4, 0.5) is 0 Å². The van der Waals surface area contributed by atoms with Gasteiger partial charge < -0.3 is 19.5 Å². The molecule has 0 aliphatic heterocycles. The molecule has 0 aliphatic carbocycles. The maximum atomic E-state index is 12.3. The first-order valence-electron chi connectivity index (χ1n) is 10.1. The Morgan fingerprint density at radius 3 is 2.39 bits per heavy atom. The minimum Gasteiger partial charge on any atom is -0.493 e. The Bertz CT molecular complexity index is 1210. The maximum Gasteiger partial charge on any atom is 0.266 e. The van der Waals surface area contributed by atoms with E-state index in [2.05, 4.69) is 15.4 Å². The summed E-state index contributed by atoms with van der Waals surface area (Å²) in [6, 6.07) is 6.65. The van der Waals surface area contributed by atoms with Gasteiger partial charge in [0.25, 0.3) is 5.56 Å². The number of aryl methyl sites for hydroxylation is 2. The van der Waals surface area contributed by atoms with Crippen LogP contribution >= 0.6 is 11.3 Å². The van der Waals surface area contributed by atoms with Gasteiger partial charge in [-0.2, -0.15) is 5.10 Å². The third-order valence-corrected chi connectivity index (χ3v) is 5.84. The summed E-state index contributed by atoms with van der Waals surface area (Å²) in [5, 5.41) is 8.13. The van der Waals surface area contributed by atoms with Gasteiger partial charge in [0, 0.05) is 18.7 Å². The summed E-state index contributed by atoms with van der Waals surface area (Å²) in [4.78, 5) is 29.8. The molecule has 0 bridgehead atoms. The molecular weight excluding hydrogens is 444 g/mol. The van der Waals surface area contributed by atoms with Crippen molar-refractivity contribution >= 4 is 23.3 Å². The number of nitrogens with zero attached hydrogens (tertiary/aromatic N) is 3. The normalized spacial score (nSPS) is 10.9. The van der Waals surface area contributed by atoms with E-state index in [4.69, 9.17) is 14.2 Å². The number of hydrogen-bond donors (Lipinski definition) is 1. The topological polar surface area (TPSA) is 105 Å². The first-order chi connectivity index (χ1) is 15.9. The minimum atomic E-state index is -0.304. The summed E-state index contributed by atoms with van der Waals surface area (Å²) in [6.07, 6.45) is 3.04. The number of amides is 1. The molecule has 0 saturated heterocycles. The van der Waals surface area contributed by atoms with Gasteiger partial charge in [0.15, 0.2) is 11.5 Å². The SMILES string of the molecule is COc1cc(/C=C\C(=O)NCCn2nc(-c3sc(C)nc3C)ccc2=O)cc(OC)c1OC. The monoisotopic (exact) mass is 470 g/mol. The number of carbonyl (C=O) groups is 1. The van der Waals surface area contributed by atoms with Gasteiger partial charge in [-0.1, -0.05) is 0 Å². The van der Waals surface area contributed by atoms with Gasteiger partial charge in [0.05, 0.1) is 43.5 Å². The Balaban J connectivity index is 1.64. The molecule has 33 heavy (non-hydrogen) atoms. The zero-order chi connectivity index (χ0) is 24.0. The summed E-state index contributed by atoms with van der Waals surface area (Å²) >= 11 is 1.53. The number of hydrogen-bond acceptors (Lipinski definition) is 8. The first kappa shape index (κ1) is 24.0. The van der Waals surface area contributed by atoms with Crippen LogP contribution in [-0.4, -0.2) is 48.5 Å². The Morgan fingerprint density at radius 1 is 1.12 bits per heavy atom. The number of ether oxygens (including phenoxy) is 3. The highest BCUT2D eigenvalue weighted by Gasteiger charge is 2.13. The largest absolute Gasteiger partial charge is 0.493 e. The van der Waals surface area contributed by atoms with Gasteiger partial charge in [-0.15, -0.1) is 11.3 Å². The van der Waals surface area contributed by atoms with Crippen LogP contribution in [0.1, 0.15) is 16.3 Å². The highest BCUT2D eigenvalue weighted by molar-refractivity contribution is 7.15. The number of rotatable bonds is 9. The lowest BCUT2D eigenvalue weighted by Crippen LogP contribution is -2.31. The maximum absolute atomic E-state index is 12.3. The molecule has 1 N–H and O–H groups in total. The molecule has 174 valence electrons. The predicted octanol–water partition coefficient (Wildman–Crippen LogP) is 2.84. The molecule has 3 rings (SSSR count). The molecule has 2 heterocycles. The van der Waals surface area contributed by atoms with Crippen LogP contribution in [0.25, 0.3) is 16.6 Å². The van der Waals surface area contributed by atoms with Crippen molar-refractivity contribution in [1.29, 1.82) is 0 Å². The average molecular weight is 471 g/mol. The number of nitrogens with one attached hydrogen (secondary N) is 1. The molecule has 0 unspecified atom stereocenters. The molecule has 0 aliphatic rings. The number of thiazole rings is 1. The van der Waals surface area contributed by atoms with E-state index in [1.807, 2.05) is 13.8 Å². The third kappa shape index (κ3) is 5.78. The van der Waals surface area contributed by atoms with Gasteiger partial charge in [0.1, 0.15) is 5.69 Å². The molecule has 2 aromatic heterocycles. The fourth-order valence-electron chi connectivity index (χ4n) is 3.21. The summed E-state index contributed by atoms with van der Waals surface area (Å²) < 4.78 is 17.3. The Morgan fingerprint density at radius 2 is 1.82 bits per heavy atom. The zero-order valence-electron chi connectivity index (χ0n) is 19.2. The number of methoxy groups -OCH3 is 3. The van der Waals surface area contributed by atoms with Crippen molar-refractivity contribution in [2.45, 2.75) is 20.4 Å². The molecule has 0 spiro atoms. The standard InChI is InChI=1S/C23H26N4O5S/c1-14-23(33-15(2)25-14)17-7-9-21(29)27(26-17)11-10-24-20(28)8-6-16-12-18(30-3)22(32-5)19(13-16)31-4/h6-9,12-13H,10-11H2,1-5H3,(H,24,28)/b8-6-. The van der Waals surface area contributed by atoms with Crippen molar-refractivity contribution in [2.24, 2.45) is 0 Å². The summed E-state index contributed by atoms with van der Waals surface area (Å²) in [5.41, 5.74) is 2.03. The van der Waals surface area contributed by atoms with E-state index >= 15 is 0 Å². The second-order valence-corrected chi connectivity index (χ2v) is 8.21. The number of aromatic nitrogens is 3. The Kier molecular flexibility index (Phi) is 7.83. The number of carbonyl (C=O) groups excluding carboxylic acids is 1. The number of benzene rings is 1. The molecule has 1 aromatic carbocycles. The Labute approximate surface area is 195 Å². The van der Waals surface area contributed by atoms with E-state index < -0.39 is 0 Å². The summed E-state index contributed by atoms with van der Waals surface area (Å²) in [7, 11) is 4.58. The quantitative estimate of drug-likeness (QED) is 0.480. The van der Waals surface area contributed by atoms with Crippen molar-refractivity contribution < 1.29 is 19.0 Å². The Hall–Kier alpha value is -3.66. The third-order valence-electron chi connectivity index (χ3n) is 4.74. The van der Waals surface area contributed by atoms with E-state index in [9.17, 15) is 9.59 Å². The molecule has 0 saturated carbocycles. The molecular formula is C23H26N4O5S. The molecule has 9 nitrogen and oxygen atoms in total. The van der Waals surface area contributed by atoms with Gasteiger partial charge >= 0.3 is 0 Å². The molecule has 0 atom stereocenters. The lowest BCUT2D eigenvalue weighted by Gasteiger charge is -2.12. The smallest absolute Gasteiger partial charge is 0.266 e. The van der Waals surface area contributed by atoms with Crippen LogP contribution in [0.3, 0.4) is 0 Å².